The van der Waals surface area contributed by atoms with Crippen LogP contribution in [0.3, 0.4) is 0 Å². The van der Waals surface area contributed by atoms with Crippen molar-refractivity contribution in [3.63, 3.8) is 0 Å². The van der Waals surface area contributed by atoms with E-state index >= 15 is 0 Å². The molecule has 1 aromatic carbocycles. The van der Waals surface area contributed by atoms with Crippen LogP contribution in [0, 0.1) is 0 Å². The largest absolute Gasteiger partial charge is 0.478 e. The molecule has 0 radical (unpaired) electrons. The normalized spacial score (nSPS) is 13.6. The molecule has 1 rings (SSSR count). The van der Waals surface area contributed by atoms with E-state index in [1.807, 2.05) is 38.2 Å². The first kappa shape index (κ1) is 15.7. The van der Waals surface area contributed by atoms with Crippen LogP contribution in [-0.2, 0) is 4.79 Å². The highest BCUT2D eigenvalue weighted by atomic mass is 35.5. The van der Waals surface area contributed by atoms with Crippen LogP contribution in [-0.4, -0.2) is 29.6 Å². The topological polar surface area (TPSA) is 40.5 Å². The maximum atomic E-state index is 10.9. The summed E-state index contributed by atoms with van der Waals surface area (Å²) in [5, 5.41) is 9.69. The Bertz CT molecular complexity index is 471. The van der Waals surface area contributed by atoms with Crippen molar-refractivity contribution in [3.8, 4) is 0 Å². The molecule has 4 heteroatoms. The van der Waals surface area contributed by atoms with E-state index in [4.69, 9.17) is 16.7 Å². The molecular weight excluding hydrogens is 262 g/mol. The second-order valence-electron chi connectivity index (χ2n) is 4.56. The van der Waals surface area contributed by atoms with E-state index in [0.717, 1.165) is 5.56 Å². The van der Waals surface area contributed by atoms with Gasteiger partial charge in [-0.05, 0) is 38.1 Å². The minimum Gasteiger partial charge on any atom is -0.478 e. The summed E-state index contributed by atoms with van der Waals surface area (Å²) in [4.78, 5) is 13.0. The Hall–Kier alpha value is -1.32. The third kappa shape index (κ3) is 4.69. The number of carboxylic acid groups (broad SMARTS) is 1. The number of hydrogen-bond acceptors (Lipinski definition) is 2. The standard InChI is InChI=1S/C15H20ClNO2/c1-4-12(15(18)19)8-9-17(3)11(2)13-6-5-7-14(16)10-13/h5-8,10-11H,4,9H2,1-3H3,(H,18,19). The lowest BCUT2D eigenvalue weighted by atomic mass is 10.1. The Morgan fingerprint density at radius 2 is 2.21 bits per heavy atom. The SMILES string of the molecule is CCC(=CCN(C)C(C)c1cccc(Cl)c1)C(=O)O. The maximum Gasteiger partial charge on any atom is 0.331 e. The van der Waals surface area contributed by atoms with Crippen LogP contribution in [0.15, 0.2) is 35.9 Å². The average molecular weight is 282 g/mol. The van der Waals surface area contributed by atoms with Gasteiger partial charge in [0.25, 0.3) is 0 Å². The first-order valence-electron chi connectivity index (χ1n) is 6.33. The summed E-state index contributed by atoms with van der Waals surface area (Å²) >= 11 is 5.98. The van der Waals surface area contributed by atoms with Crippen molar-refractivity contribution in [1.82, 2.24) is 4.90 Å². The molecule has 19 heavy (non-hydrogen) atoms. The van der Waals surface area contributed by atoms with Crippen molar-refractivity contribution in [3.05, 3.63) is 46.5 Å². The van der Waals surface area contributed by atoms with Gasteiger partial charge in [-0.1, -0.05) is 36.7 Å². The molecule has 0 saturated heterocycles. The lowest BCUT2D eigenvalue weighted by Crippen LogP contribution is -2.23. The van der Waals surface area contributed by atoms with Crippen LogP contribution in [0.2, 0.25) is 5.02 Å². The quantitative estimate of drug-likeness (QED) is 0.807. The van der Waals surface area contributed by atoms with Crippen LogP contribution in [0.5, 0.6) is 0 Å². The molecule has 1 N–H and O–H groups in total. The Kier molecular flexibility index (Phi) is 6.06. The van der Waals surface area contributed by atoms with Gasteiger partial charge in [-0.25, -0.2) is 4.79 Å². The second kappa shape index (κ2) is 7.31. The van der Waals surface area contributed by atoms with Crippen molar-refractivity contribution in [2.45, 2.75) is 26.3 Å². The molecule has 0 spiro atoms. The molecule has 0 amide bonds. The molecule has 0 aliphatic rings. The second-order valence-corrected chi connectivity index (χ2v) is 5.00. The van der Waals surface area contributed by atoms with Gasteiger partial charge in [-0.2, -0.15) is 0 Å². The third-order valence-electron chi connectivity index (χ3n) is 3.27. The fraction of sp³-hybridized carbons (Fsp3) is 0.400. The van der Waals surface area contributed by atoms with Crippen LogP contribution >= 0.6 is 11.6 Å². The smallest absolute Gasteiger partial charge is 0.331 e. The molecule has 0 bridgehead atoms. The first-order valence-corrected chi connectivity index (χ1v) is 6.71. The monoisotopic (exact) mass is 281 g/mol. The molecule has 0 aromatic heterocycles. The van der Waals surface area contributed by atoms with E-state index in [1.165, 1.54) is 0 Å². The van der Waals surface area contributed by atoms with Gasteiger partial charge < -0.3 is 5.11 Å². The Balaban J connectivity index is 2.73. The zero-order valence-electron chi connectivity index (χ0n) is 11.6. The summed E-state index contributed by atoms with van der Waals surface area (Å²) in [5.74, 6) is -0.841. The van der Waals surface area contributed by atoms with E-state index in [2.05, 4.69) is 11.8 Å². The summed E-state index contributed by atoms with van der Waals surface area (Å²) in [6, 6.07) is 7.91. The van der Waals surface area contributed by atoms with Crippen molar-refractivity contribution in [2.24, 2.45) is 0 Å². The lowest BCUT2D eigenvalue weighted by molar-refractivity contribution is -0.132. The number of likely N-dealkylation sites (N-methyl/N-ethyl adjacent to an activating group) is 1. The molecule has 0 aliphatic carbocycles. The highest BCUT2D eigenvalue weighted by Crippen LogP contribution is 2.21. The van der Waals surface area contributed by atoms with Gasteiger partial charge in [0.2, 0.25) is 0 Å². The Labute approximate surface area is 119 Å². The predicted molar refractivity (Wildman–Crippen MR) is 78.5 cm³/mol. The van der Waals surface area contributed by atoms with Gasteiger partial charge in [0.15, 0.2) is 0 Å². The minimum atomic E-state index is -0.841. The van der Waals surface area contributed by atoms with E-state index in [1.54, 1.807) is 6.08 Å². The summed E-state index contributed by atoms with van der Waals surface area (Å²) in [6.07, 6.45) is 2.30. The van der Waals surface area contributed by atoms with E-state index in [9.17, 15) is 4.79 Å². The van der Waals surface area contributed by atoms with Gasteiger partial charge in [0.1, 0.15) is 0 Å². The molecule has 1 atom stereocenters. The molecule has 3 nitrogen and oxygen atoms in total. The van der Waals surface area contributed by atoms with Crippen molar-refractivity contribution >= 4 is 17.6 Å². The van der Waals surface area contributed by atoms with E-state index in [0.29, 0.717) is 23.6 Å². The maximum absolute atomic E-state index is 10.9. The molecule has 0 heterocycles. The van der Waals surface area contributed by atoms with Crippen LogP contribution in [0.1, 0.15) is 31.9 Å². The van der Waals surface area contributed by atoms with Gasteiger partial charge >= 0.3 is 5.97 Å². The summed E-state index contributed by atoms with van der Waals surface area (Å²) in [7, 11) is 1.97. The van der Waals surface area contributed by atoms with Crippen LogP contribution in [0.25, 0.3) is 0 Å². The summed E-state index contributed by atoms with van der Waals surface area (Å²) in [6.45, 7) is 4.52. The predicted octanol–water partition coefficient (Wildman–Crippen LogP) is 3.75. The third-order valence-corrected chi connectivity index (χ3v) is 3.51. The summed E-state index contributed by atoms with van der Waals surface area (Å²) in [5.41, 5.74) is 1.57. The van der Waals surface area contributed by atoms with E-state index < -0.39 is 5.97 Å². The number of rotatable bonds is 6. The number of benzene rings is 1. The molecule has 0 aliphatic heterocycles. The van der Waals surface area contributed by atoms with Gasteiger partial charge in [0.05, 0.1) is 0 Å². The van der Waals surface area contributed by atoms with Gasteiger partial charge in [0, 0.05) is 23.2 Å². The average Bonchev–Trinajstić information content (AvgIpc) is 2.38. The number of halogens is 1. The highest BCUT2D eigenvalue weighted by Gasteiger charge is 2.12. The summed E-state index contributed by atoms with van der Waals surface area (Å²) < 4.78 is 0. The molecule has 1 aromatic rings. The number of hydrogen-bond donors (Lipinski definition) is 1. The lowest BCUT2D eigenvalue weighted by Gasteiger charge is -2.24. The highest BCUT2D eigenvalue weighted by molar-refractivity contribution is 6.30. The Morgan fingerprint density at radius 1 is 1.53 bits per heavy atom. The Morgan fingerprint density at radius 3 is 2.74 bits per heavy atom. The molecule has 0 fully saturated rings. The number of aliphatic carboxylic acids is 1. The number of carbonyl (C=O) groups is 1. The fourth-order valence-corrected chi connectivity index (χ4v) is 2.01. The van der Waals surface area contributed by atoms with Crippen molar-refractivity contribution in [1.29, 1.82) is 0 Å². The zero-order chi connectivity index (χ0) is 14.4. The zero-order valence-corrected chi connectivity index (χ0v) is 12.3. The molecular formula is C15H20ClNO2. The van der Waals surface area contributed by atoms with Gasteiger partial charge in [-0.3, -0.25) is 4.90 Å². The van der Waals surface area contributed by atoms with Crippen molar-refractivity contribution < 1.29 is 9.90 Å². The number of carboxylic acids is 1. The van der Waals surface area contributed by atoms with Gasteiger partial charge in [-0.15, -0.1) is 0 Å². The number of nitrogens with zero attached hydrogens (tertiary/aromatic N) is 1. The van der Waals surface area contributed by atoms with Crippen LogP contribution < -0.4 is 0 Å². The minimum absolute atomic E-state index is 0.182. The fourth-order valence-electron chi connectivity index (χ4n) is 1.82. The van der Waals surface area contributed by atoms with E-state index in [-0.39, 0.29) is 6.04 Å². The first-order chi connectivity index (χ1) is 8.95. The van der Waals surface area contributed by atoms with Crippen molar-refractivity contribution in [2.75, 3.05) is 13.6 Å². The molecule has 0 saturated carbocycles. The molecule has 104 valence electrons. The molecule has 1 unspecified atom stereocenters. The van der Waals surface area contributed by atoms with Crippen LogP contribution in [0.4, 0.5) is 0 Å².